The van der Waals surface area contributed by atoms with Gasteiger partial charge in [0.05, 0.1) is 11.8 Å². The number of carbonyl (C=O) groups excluding carboxylic acids is 2. The van der Waals surface area contributed by atoms with Crippen LogP contribution in [0, 0.1) is 11.8 Å². The monoisotopic (exact) mass is 411 g/mol. The van der Waals surface area contributed by atoms with Gasteiger partial charge in [-0.3, -0.25) is 9.59 Å². The van der Waals surface area contributed by atoms with Crippen molar-refractivity contribution in [2.45, 2.75) is 59.2 Å². The van der Waals surface area contributed by atoms with Crippen LogP contribution in [0.15, 0.2) is 48.5 Å². The molecule has 0 saturated heterocycles. The summed E-state index contributed by atoms with van der Waals surface area (Å²) in [5, 5.41) is 15.8. The summed E-state index contributed by atoms with van der Waals surface area (Å²) in [6.07, 6.45) is -0.219. The van der Waals surface area contributed by atoms with Crippen molar-refractivity contribution in [2.75, 3.05) is 0 Å². The van der Waals surface area contributed by atoms with Gasteiger partial charge in [-0.15, -0.1) is 0 Å². The minimum atomic E-state index is -1.06. The summed E-state index contributed by atoms with van der Waals surface area (Å²) in [6.45, 7) is 9.78. The highest BCUT2D eigenvalue weighted by Crippen LogP contribution is 2.17. The number of rotatable bonds is 9. The highest BCUT2D eigenvalue weighted by atomic mass is 16.3. The van der Waals surface area contributed by atoms with Crippen LogP contribution in [0.3, 0.4) is 0 Å². The van der Waals surface area contributed by atoms with E-state index < -0.39 is 24.0 Å². The van der Waals surface area contributed by atoms with Gasteiger partial charge in [0.2, 0.25) is 5.91 Å². The van der Waals surface area contributed by atoms with Crippen molar-refractivity contribution in [1.29, 1.82) is 0 Å². The molecule has 1 aromatic heterocycles. The summed E-state index contributed by atoms with van der Waals surface area (Å²) >= 11 is 0. The highest BCUT2D eigenvalue weighted by Gasteiger charge is 2.29. The number of carbonyl (C=O) groups is 2. The first kappa shape index (κ1) is 23.5. The second-order valence-electron chi connectivity index (χ2n) is 8.45. The summed E-state index contributed by atoms with van der Waals surface area (Å²) in [4.78, 5) is 30.0. The molecule has 6 nitrogen and oxygen atoms in total. The normalized spacial score (nSPS) is 14.3. The van der Waals surface area contributed by atoms with Crippen LogP contribution in [-0.2, 0) is 4.79 Å². The van der Waals surface area contributed by atoms with Gasteiger partial charge in [-0.2, -0.15) is 0 Å². The van der Waals surface area contributed by atoms with E-state index in [2.05, 4.69) is 29.5 Å². The zero-order chi connectivity index (χ0) is 22.3. The number of aliphatic hydroxyl groups excluding tert-OH is 1. The SMILES string of the molecule is CC(C)C[C@H](NC(=O)[C@@H](NC(=O)c1cccc(-c2ccccc2)n1)[C@@H](C)O)C(C)C. The molecule has 0 aliphatic rings. The number of aliphatic hydroxyl groups is 1. The van der Waals surface area contributed by atoms with E-state index in [9.17, 15) is 14.7 Å². The molecule has 2 rings (SSSR count). The number of benzene rings is 1. The molecular weight excluding hydrogens is 378 g/mol. The third-order valence-electron chi connectivity index (χ3n) is 4.96. The summed E-state index contributed by atoms with van der Waals surface area (Å²) in [5.74, 6) is -0.233. The second kappa shape index (κ2) is 10.9. The van der Waals surface area contributed by atoms with E-state index in [4.69, 9.17) is 0 Å². The lowest BCUT2D eigenvalue weighted by Gasteiger charge is -2.28. The van der Waals surface area contributed by atoms with E-state index in [0.717, 1.165) is 12.0 Å². The molecule has 0 unspecified atom stereocenters. The van der Waals surface area contributed by atoms with Crippen LogP contribution in [0.1, 0.15) is 51.5 Å². The summed E-state index contributed by atoms with van der Waals surface area (Å²) in [5.41, 5.74) is 1.75. The molecule has 0 spiro atoms. The second-order valence-corrected chi connectivity index (χ2v) is 8.45. The van der Waals surface area contributed by atoms with Crippen LogP contribution in [0.5, 0.6) is 0 Å². The fourth-order valence-electron chi connectivity index (χ4n) is 3.23. The molecule has 162 valence electrons. The van der Waals surface area contributed by atoms with Gasteiger partial charge in [0.1, 0.15) is 11.7 Å². The number of hydrogen-bond acceptors (Lipinski definition) is 4. The van der Waals surface area contributed by atoms with Crippen LogP contribution < -0.4 is 10.6 Å². The Morgan fingerprint density at radius 1 is 0.933 bits per heavy atom. The number of pyridine rings is 1. The molecule has 1 aromatic carbocycles. The van der Waals surface area contributed by atoms with Gasteiger partial charge in [-0.25, -0.2) is 4.98 Å². The lowest BCUT2D eigenvalue weighted by atomic mass is 9.94. The van der Waals surface area contributed by atoms with Gasteiger partial charge >= 0.3 is 0 Å². The van der Waals surface area contributed by atoms with Gasteiger partial charge in [0.25, 0.3) is 5.91 Å². The van der Waals surface area contributed by atoms with Gasteiger partial charge < -0.3 is 15.7 Å². The maximum absolute atomic E-state index is 12.8. The maximum atomic E-state index is 12.8. The van der Waals surface area contributed by atoms with Gasteiger partial charge in [-0.1, -0.05) is 64.1 Å². The standard InChI is InChI=1S/C24H33N3O3/c1-15(2)14-21(16(3)4)26-24(30)22(17(5)28)27-23(29)20-13-9-12-19(25-20)18-10-7-6-8-11-18/h6-13,15-17,21-22,28H,14H2,1-5H3,(H,26,30)(H,27,29)/t17-,21+,22+/m1/s1. The Hall–Kier alpha value is -2.73. The van der Waals surface area contributed by atoms with Crippen LogP contribution in [0.4, 0.5) is 0 Å². The molecule has 0 aliphatic heterocycles. The predicted molar refractivity (Wildman–Crippen MR) is 119 cm³/mol. The summed E-state index contributed by atoms with van der Waals surface area (Å²) in [7, 11) is 0. The number of hydrogen-bond donors (Lipinski definition) is 3. The van der Waals surface area contributed by atoms with Crippen molar-refractivity contribution in [3.05, 3.63) is 54.2 Å². The smallest absolute Gasteiger partial charge is 0.270 e. The number of nitrogens with zero attached hydrogens (tertiary/aromatic N) is 1. The Bertz CT molecular complexity index is 835. The molecule has 2 aromatic rings. The predicted octanol–water partition coefficient (Wildman–Crippen LogP) is 3.41. The molecule has 0 radical (unpaired) electrons. The fraction of sp³-hybridized carbons (Fsp3) is 0.458. The van der Waals surface area contributed by atoms with Crippen molar-refractivity contribution in [2.24, 2.45) is 11.8 Å². The lowest BCUT2D eigenvalue weighted by Crippen LogP contribution is -2.55. The van der Waals surface area contributed by atoms with Crippen molar-refractivity contribution < 1.29 is 14.7 Å². The van der Waals surface area contributed by atoms with Crippen LogP contribution in [-0.4, -0.2) is 40.1 Å². The molecule has 0 bridgehead atoms. The zero-order valence-corrected chi connectivity index (χ0v) is 18.4. The van der Waals surface area contributed by atoms with E-state index in [0.29, 0.717) is 11.6 Å². The highest BCUT2D eigenvalue weighted by molar-refractivity contribution is 5.96. The quantitative estimate of drug-likeness (QED) is 0.590. The van der Waals surface area contributed by atoms with Gasteiger partial charge in [0.15, 0.2) is 0 Å². The first-order chi connectivity index (χ1) is 14.2. The Kier molecular flexibility index (Phi) is 8.54. The Morgan fingerprint density at radius 2 is 1.60 bits per heavy atom. The van der Waals surface area contributed by atoms with Crippen LogP contribution in [0.2, 0.25) is 0 Å². The van der Waals surface area contributed by atoms with E-state index in [-0.39, 0.29) is 17.7 Å². The summed E-state index contributed by atoms with van der Waals surface area (Å²) in [6, 6.07) is 13.6. The Labute approximate surface area is 179 Å². The lowest BCUT2D eigenvalue weighted by molar-refractivity contribution is -0.126. The fourth-order valence-corrected chi connectivity index (χ4v) is 3.23. The van der Waals surface area contributed by atoms with E-state index >= 15 is 0 Å². The van der Waals surface area contributed by atoms with Crippen molar-refractivity contribution in [3.8, 4) is 11.3 Å². The first-order valence-electron chi connectivity index (χ1n) is 10.5. The minimum absolute atomic E-state index is 0.0322. The molecule has 2 amide bonds. The summed E-state index contributed by atoms with van der Waals surface area (Å²) < 4.78 is 0. The number of aromatic nitrogens is 1. The van der Waals surface area contributed by atoms with E-state index in [1.807, 2.05) is 50.2 Å². The minimum Gasteiger partial charge on any atom is -0.391 e. The maximum Gasteiger partial charge on any atom is 0.270 e. The molecule has 3 atom stereocenters. The molecule has 1 heterocycles. The van der Waals surface area contributed by atoms with Gasteiger partial charge in [0, 0.05) is 11.6 Å². The molecule has 6 heteroatoms. The van der Waals surface area contributed by atoms with E-state index in [1.54, 1.807) is 12.1 Å². The van der Waals surface area contributed by atoms with Crippen molar-refractivity contribution in [3.63, 3.8) is 0 Å². The molecule has 0 fully saturated rings. The molecule has 0 saturated carbocycles. The van der Waals surface area contributed by atoms with E-state index in [1.165, 1.54) is 6.92 Å². The Balaban J connectivity index is 2.14. The first-order valence-corrected chi connectivity index (χ1v) is 10.5. The van der Waals surface area contributed by atoms with Crippen LogP contribution >= 0.6 is 0 Å². The molecular formula is C24H33N3O3. The van der Waals surface area contributed by atoms with Crippen molar-refractivity contribution >= 4 is 11.8 Å². The molecule has 30 heavy (non-hydrogen) atoms. The Morgan fingerprint density at radius 3 is 2.17 bits per heavy atom. The third kappa shape index (κ3) is 6.66. The zero-order valence-electron chi connectivity index (χ0n) is 18.4. The molecule has 0 aliphatic carbocycles. The van der Waals surface area contributed by atoms with Gasteiger partial charge in [-0.05, 0) is 37.3 Å². The molecule has 3 N–H and O–H groups in total. The number of nitrogens with one attached hydrogen (secondary N) is 2. The largest absolute Gasteiger partial charge is 0.391 e. The van der Waals surface area contributed by atoms with Crippen LogP contribution in [0.25, 0.3) is 11.3 Å². The average Bonchev–Trinajstić information content (AvgIpc) is 2.71. The topological polar surface area (TPSA) is 91.3 Å². The average molecular weight is 412 g/mol. The number of amides is 2. The third-order valence-corrected chi connectivity index (χ3v) is 4.96. The van der Waals surface area contributed by atoms with Crippen molar-refractivity contribution in [1.82, 2.24) is 15.6 Å².